The van der Waals surface area contributed by atoms with E-state index in [-0.39, 0.29) is 20.1 Å². The fourth-order valence-corrected chi connectivity index (χ4v) is 7.08. The second-order valence-corrected chi connectivity index (χ2v) is 13.8. The van der Waals surface area contributed by atoms with Crippen LogP contribution in [0.25, 0.3) is 87.9 Å². The summed E-state index contributed by atoms with van der Waals surface area (Å²) in [5.74, 6) is -0.197. The normalized spacial score (nSPS) is 12.1. The summed E-state index contributed by atoms with van der Waals surface area (Å²) in [6, 6.07) is 48.0. The van der Waals surface area contributed by atoms with Gasteiger partial charge < -0.3 is 18.8 Å². The zero-order valence-electron chi connectivity index (χ0n) is 30.8. The van der Waals surface area contributed by atoms with Crippen molar-refractivity contribution in [2.75, 3.05) is 0 Å². The van der Waals surface area contributed by atoms with E-state index < -0.39 is 5.89 Å². The van der Waals surface area contributed by atoms with Gasteiger partial charge in [-0.15, -0.1) is 47.3 Å². The molecule has 0 aliphatic heterocycles. The van der Waals surface area contributed by atoms with E-state index in [1.54, 1.807) is 6.20 Å². The van der Waals surface area contributed by atoms with Crippen LogP contribution in [0.3, 0.4) is 0 Å². The Morgan fingerprint density at radius 3 is 2.09 bits per heavy atom. The number of fused-ring (bicyclic) bond motifs is 9. The summed E-state index contributed by atoms with van der Waals surface area (Å²) in [5, 5.41) is 9.23. The van der Waals surface area contributed by atoms with E-state index in [2.05, 4.69) is 109 Å². The maximum Gasteiger partial charge on any atom is 0.139 e. The van der Waals surface area contributed by atoms with Crippen LogP contribution in [0.4, 0.5) is 0 Å². The number of hydrogen-bond acceptors (Lipinski definition) is 4. The molecule has 0 bridgehead atoms. The SMILES string of the molecule is CC(C)c1ccnc(-c2[c-]ccc3c2oc2cc4oc5ccccc5c4cc23)c1.[2H]C(C)(C)c1ccnc(-c2[c-]cc3c(ccc4ccccc43)c2)c1.[Ir]. The molecule has 0 aliphatic carbocycles. The van der Waals surface area contributed by atoms with Crippen molar-refractivity contribution in [3.63, 3.8) is 0 Å². The van der Waals surface area contributed by atoms with Crippen molar-refractivity contribution >= 4 is 65.4 Å². The molecule has 0 spiro atoms. The minimum Gasteiger partial charge on any atom is -0.500 e. The first kappa shape index (κ1) is 33.2. The summed E-state index contributed by atoms with van der Waals surface area (Å²) < 4.78 is 20.6. The molecule has 6 aromatic carbocycles. The van der Waals surface area contributed by atoms with Crippen LogP contribution < -0.4 is 0 Å². The molecule has 0 amide bonds. The number of rotatable bonds is 4. The molecule has 0 unspecified atom stereocenters. The van der Waals surface area contributed by atoms with E-state index in [0.29, 0.717) is 5.92 Å². The molecule has 0 aliphatic rings. The van der Waals surface area contributed by atoms with Gasteiger partial charge in [0.2, 0.25) is 0 Å². The molecule has 0 N–H and O–H groups in total. The van der Waals surface area contributed by atoms with Gasteiger partial charge in [-0.1, -0.05) is 127 Å². The summed E-state index contributed by atoms with van der Waals surface area (Å²) >= 11 is 0. The second-order valence-electron chi connectivity index (χ2n) is 13.8. The van der Waals surface area contributed by atoms with Crippen LogP contribution in [0.15, 0.2) is 143 Å². The van der Waals surface area contributed by atoms with Crippen LogP contribution in [-0.4, -0.2) is 9.97 Å². The van der Waals surface area contributed by atoms with Crippen LogP contribution in [-0.2, 0) is 20.1 Å². The summed E-state index contributed by atoms with van der Waals surface area (Å²) in [6.45, 7) is 8.15. The fraction of sp³-hybridized carbons (Fsp3) is 0.125. The van der Waals surface area contributed by atoms with Crippen molar-refractivity contribution in [1.29, 1.82) is 0 Å². The first-order valence-corrected chi connectivity index (χ1v) is 17.7. The van der Waals surface area contributed by atoms with Crippen molar-refractivity contribution in [3.05, 3.63) is 157 Å². The van der Waals surface area contributed by atoms with Gasteiger partial charge in [-0.3, -0.25) is 0 Å². The molecular formula is C48H36IrN2O2-2. The maximum absolute atomic E-state index is 8.22. The molecule has 0 fully saturated rings. The van der Waals surface area contributed by atoms with E-state index in [1.165, 1.54) is 27.1 Å². The van der Waals surface area contributed by atoms with Gasteiger partial charge in [0.25, 0.3) is 0 Å². The topological polar surface area (TPSA) is 52.1 Å². The molecule has 10 rings (SSSR count). The van der Waals surface area contributed by atoms with Crippen molar-refractivity contribution in [2.24, 2.45) is 0 Å². The van der Waals surface area contributed by atoms with E-state index in [1.807, 2.05) is 68.6 Å². The molecular weight excluding hydrogens is 829 g/mol. The maximum atomic E-state index is 8.22. The fourth-order valence-electron chi connectivity index (χ4n) is 7.08. The average Bonchev–Trinajstić information content (AvgIpc) is 3.74. The zero-order chi connectivity index (χ0) is 36.3. The first-order chi connectivity index (χ1) is 25.7. The van der Waals surface area contributed by atoms with Gasteiger partial charge in [0.1, 0.15) is 16.7 Å². The Hall–Kier alpha value is -5.61. The van der Waals surface area contributed by atoms with Gasteiger partial charge in [0, 0.05) is 56.1 Å². The number of benzene rings is 6. The van der Waals surface area contributed by atoms with E-state index in [4.69, 9.17) is 10.2 Å². The number of hydrogen-bond donors (Lipinski definition) is 0. The van der Waals surface area contributed by atoms with Crippen LogP contribution in [0.1, 0.15) is 52.0 Å². The molecule has 0 saturated carbocycles. The molecule has 1 radical (unpaired) electrons. The summed E-state index contributed by atoms with van der Waals surface area (Å²) in [4.78, 5) is 9.07. The number of furan rings is 2. The molecule has 261 valence electrons. The number of pyridine rings is 2. The molecule has 4 heterocycles. The smallest absolute Gasteiger partial charge is 0.139 e. The summed E-state index contributed by atoms with van der Waals surface area (Å²) in [6.07, 6.45) is 3.64. The third kappa shape index (κ3) is 6.31. The third-order valence-electron chi connectivity index (χ3n) is 9.93. The molecule has 10 aromatic rings. The van der Waals surface area contributed by atoms with Gasteiger partial charge in [0.05, 0.1) is 5.58 Å². The zero-order valence-corrected chi connectivity index (χ0v) is 32.2. The monoisotopic (exact) mass is 866 g/mol. The largest absolute Gasteiger partial charge is 0.500 e. The predicted octanol–water partition coefficient (Wildman–Crippen LogP) is 13.4. The standard InChI is InChI=1S/C26H18NO2.C22H18N.Ir/c1-15(2)16-10-11-27-22(12-16)19-8-5-7-18-21-13-20-17-6-3-4-9-23(17)28-24(20)14-25(21)29-26(18)19;1-15(2)17-11-12-23-22(14-17)19-9-10-21-18(13-19)8-7-16-5-3-4-6-20(16)21;/h3-7,9-15H,1-2H3;3-8,10-15H,1-2H3;/q2*-1;/i;15D;. The van der Waals surface area contributed by atoms with Gasteiger partial charge in [-0.05, 0) is 52.9 Å². The van der Waals surface area contributed by atoms with Gasteiger partial charge >= 0.3 is 0 Å². The quantitative estimate of drug-likeness (QED) is 0.131. The molecule has 4 nitrogen and oxygen atoms in total. The Kier molecular flexibility index (Phi) is 8.83. The molecule has 4 aromatic heterocycles. The molecule has 53 heavy (non-hydrogen) atoms. The Labute approximate surface area is 323 Å². The van der Waals surface area contributed by atoms with Crippen molar-refractivity contribution in [3.8, 4) is 22.5 Å². The van der Waals surface area contributed by atoms with Gasteiger partial charge in [-0.25, -0.2) is 0 Å². The van der Waals surface area contributed by atoms with E-state index >= 15 is 0 Å². The molecule has 0 saturated heterocycles. The summed E-state index contributed by atoms with van der Waals surface area (Å²) in [7, 11) is 0. The predicted molar refractivity (Wildman–Crippen MR) is 215 cm³/mol. The summed E-state index contributed by atoms with van der Waals surface area (Å²) in [5.41, 5.74) is 9.16. The number of nitrogens with zero attached hydrogens (tertiary/aromatic N) is 2. The van der Waals surface area contributed by atoms with E-state index in [0.717, 1.165) is 72.0 Å². The van der Waals surface area contributed by atoms with Crippen molar-refractivity contribution in [2.45, 2.75) is 39.5 Å². The van der Waals surface area contributed by atoms with Crippen molar-refractivity contribution in [1.82, 2.24) is 9.97 Å². The van der Waals surface area contributed by atoms with Gasteiger partial charge in [0.15, 0.2) is 0 Å². The Morgan fingerprint density at radius 1 is 0.566 bits per heavy atom. The molecule has 0 atom stereocenters. The second kappa shape index (κ2) is 14.1. The molecule has 5 heteroatoms. The van der Waals surface area contributed by atoms with Crippen molar-refractivity contribution < 1.29 is 30.3 Å². The number of aromatic nitrogens is 2. The third-order valence-corrected chi connectivity index (χ3v) is 9.93. The van der Waals surface area contributed by atoms with Crippen LogP contribution in [0.2, 0.25) is 0 Å². The first-order valence-electron chi connectivity index (χ1n) is 18.2. The minimum absolute atomic E-state index is 0. The number of para-hydroxylation sites is 1. The Morgan fingerprint density at radius 2 is 1.26 bits per heavy atom. The minimum atomic E-state index is -0.634. The van der Waals surface area contributed by atoms with Crippen LogP contribution >= 0.6 is 0 Å². The Bertz CT molecular complexity index is 2990. The van der Waals surface area contributed by atoms with E-state index in [9.17, 15) is 0 Å². The average molecular weight is 866 g/mol. The van der Waals surface area contributed by atoms with Crippen LogP contribution in [0.5, 0.6) is 0 Å². The van der Waals surface area contributed by atoms with Crippen LogP contribution in [0, 0.1) is 12.1 Å². The Balaban J connectivity index is 0.000000153. The van der Waals surface area contributed by atoms with Gasteiger partial charge in [-0.2, -0.15) is 0 Å².